The quantitative estimate of drug-likeness (QED) is 0.572. The van der Waals surface area contributed by atoms with Crippen LogP contribution in [0.1, 0.15) is 20.8 Å². The first-order valence-electron chi connectivity index (χ1n) is 3.92. The number of hydrogen-bond donors (Lipinski definition) is 3. The van der Waals surface area contributed by atoms with Crippen LogP contribution in [0.4, 0.5) is 17.3 Å². The summed E-state index contributed by atoms with van der Waals surface area (Å²) in [6.45, 7) is 5.80. The molecule has 1 rings (SSSR count). The summed E-state index contributed by atoms with van der Waals surface area (Å²) in [5.41, 5.74) is 11.2. The van der Waals surface area contributed by atoms with Gasteiger partial charge in [0.2, 0.25) is 0 Å². The molecule has 0 aromatic carbocycles. The first kappa shape index (κ1) is 9.50. The van der Waals surface area contributed by atoms with Crippen molar-refractivity contribution in [3.8, 4) is 0 Å². The molecule has 13 heavy (non-hydrogen) atoms. The van der Waals surface area contributed by atoms with Gasteiger partial charge in [-0.1, -0.05) is 0 Å². The van der Waals surface area contributed by atoms with Gasteiger partial charge in [-0.25, -0.2) is 0 Å². The highest BCUT2D eigenvalue weighted by molar-refractivity contribution is 5.69. The van der Waals surface area contributed by atoms with E-state index in [0.29, 0.717) is 11.5 Å². The predicted molar refractivity (Wildman–Crippen MR) is 51.7 cm³/mol. The minimum absolute atomic E-state index is 0.240. The van der Waals surface area contributed by atoms with Gasteiger partial charge in [-0.15, -0.1) is 5.11 Å². The summed E-state index contributed by atoms with van der Waals surface area (Å²) in [7, 11) is 0. The summed E-state index contributed by atoms with van der Waals surface area (Å²) in [5.74, 6) is 0.607. The fourth-order valence-corrected chi connectivity index (χ4v) is 0.669. The molecule has 0 saturated carbocycles. The van der Waals surface area contributed by atoms with Crippen LogP contribution in [0.15, 0.2) is 10.2 Å². The first-order chi connectivity index (χ1) is 5.90. The van der Waals surface area contributed by atoms with E-state index in [4.69, 9.17) is 11.5 Å². The van der Waals surface area contributed by atoms with Crippen molar-refractivity contribution < 1.29 is 0 Å². The third-order valence-electron chi connectivity index (χ3n) is 1.24. The Labute approximate surface area is 76.4 Å². The average Bonchev–Trinajstić information content (AvgIpc) is 2.27. The molecule has 1 aromatic rings. The van der Waals surface area contributed by atoms with Gasteiger partial charge in [-0.3, -0.25) is 5.10 Å². The molecule has 0 aliphatic rings. The average molecular weight is 182 g/mol. The summed E-state index contributed by atoms with van der Waals surface area (Å²) in [6, 6.07) is 0. The fourth-order valence-electron chi connectivity index (χ4n) is 0.669. The lowest BCUT2D eigenvalue weighted by Crippen LogP contribution is -2.07. The third kappa shape index (κ3) is 2.43. The van der Waals surface area contributed by atoms with Crippen LogP contribution in [-0.4, -0.2) is 15.7 Å². The van der Waals surface area contributed by atoms with Crippen molar-refractivity contribution in [2.45, 2.75) is 26.3 Å². The molecule has 0 spiro atoms. The summed E-state index contributed by atoms with van der Waals surface area (Å²) in [6.07, 6.45) is 0. The highest BCUT2D eigenvalue weighted by Gasteiger charge is 2.10. The Morgan fingerprint density at radius 2 is 1.92 bits per heavy atom. The zero-order chi connectivity index (χ0) is 10.1. The van der Waals surface area contributed by atoms with E-state index in [2.05, 4.69) is 20.4 Å². The van der Waals surface area contributed by atoms with Crippen molar-refractivity contribution in [2.75, 3.05) is 11.5 Å². The van der Waals surface area contributed by atoms with Crippen molar-refractivity contribution in [3.63, 3.8) is 0 Å². The summed E-state index contributed by atoms with van der Waals surface area (Å²) in [4.78, 5) is 0. The second-order valence-electron chi connectivity index (χ2n) is 3.74. The maximum atomic E-state index is 5.52. The standard InChI is InChI=1S/C7H14N6/c1-7(2,3)13-10-4-5(8)11-12-6(4)9/h1-3H3,(H5,8,9,11,12). The van der Waals surface area contributed by atoms with Crippen molar-refractivity contribution in [2.24, 2.45) is 10.2 Å². The van der Waals surface area contributed by atoms with Crippen LogP contribution < -0.4 is 11.5 Å². The maximum Gasteiger partial charge on any atom is 0.175 e. The van der Waals surface area contributed by atoms with Crippen LogP contribution in [0.5, 0.6) is 0 Å². The number of nitrogens with two attached hydrogens (primary N) is 2. The van der Waals surface area contributed by atoms with E-state index in [0.717, 1.165) is 0 Å². The predicted octanol–water partition coefficient (Wildman–Crippen LogP) is 1.46. The lowest BCUT2D eigenvalue weighted by atomic mass is 10.1. The Bertz CT molecular complexity index is 299. The maximum absolute atomic E-state index is 5.52. The molecule has 6 nitrogen and oxygen atoms in total. The summed E-state index contributed by atoms with van der Waals surface area (Å²) < 4.78 is 0. The molecule has 0 fully saturated rings. The highest BCUT2D eigenvalue weighted by atomic mass is 15.2. The van der Waals surface area contributed by atoms with Gasteiger partial charge in [0, 0.05) is 0 Å². The molecular weight excluding hydrogens is 168 g/mol. The van der Waals surface area contributed by atoms with Crippen molar-refractivity contribution in [1.29, 1.82) is 0 Å². The van der Waals surface area contributed by atoms with E-state index in [1.807, 2.05) is 20.8 Å². The second kappa shape index (κ2) is 3.04. The Hall–Kier alpha value is -1.59. The van der Waals surface area contributed by atoms with E-state index in [1.54, 1.807) is 0 Å². The van der Waals surface area contributed by atoms with Gasteiger partial charge in [0.15, 0.2) is 11.5 Å². The Kier molecular flexibility index (Phi) is 2.22. The zero-order valence-corrected chi connectivity index (χ0v) is 8.00. The number of aromatic nitrogens is 2. The second-order valence-corrected chi connectivity index (χ2v) is 3.74. The van der Waals surface area contributed by atoms with Crippen LogP contribution >= 0.6 is 0 Å². The van der Waals surface area contributed by atoms with Gasteiger partial charge in [0.05, 0.1) is 5.54 Å². The number of H-pyrrole nitrogens is 1. The van der Waals surface area contributed by atoms with E-state index < -0.39 is 0 Å². The minimum atomic E-state index is -0.240. The highest BCUT2D eigenvalue weighted by Crippen LogP contribution is 2.27. The molecule has 1 aromatic heterocycles. The number of nitrogens with one attached hydrogen (secondary N) is 1. The smallest absolute Gasteiger partial charge is 0.175 e. The number of nitrogen functional groups attached to an aromatic ring is 2. The van der Waals surface area contributed by atoms with Gasteiger partial charge in [0.1, 0.15) is 5.82 Å². The van der Waals surface area contributed by atoms with Crippen molar-refractivity contribution in [3.05, 3.63) is 0 Å². The lowest BCUT2D eigenvalue weighted by molar-refractivity contribution is 0.552. The molecule has 0 amide bonds. The van der Waals surface area contributed by atoms with Crippen LogP contribution in [0.3, 0.4) is 0 Å². The van der Waals surface area contributed by atoms with E-state index in [1.165, 1.54) is 0 Å². The number of anilines is 2. The third-order valence-corrected chi connectivity index (χ3v) is 1.24. The Morgan fingerprint density at radius 1 is 1.31 bits per heavy atom. The molecule has 0 aliphatic heterocycles. The normalized spacial score (nSPS) is 12.5. The monoisotopic (exact) mass is 182 g/mol. The van der Waals surface area contributed by atoms with E-state index in [9.17, 15) is 0 Å². The van der Waals surface area contributed by atoms with Crippen molar-refractivity contribution >= 4 is 17.3 Å². The topological polar surface area (TPSA) is 105 Å². The van der Waals surface area contributed by atoms with Gasteiger partial charge in [-0.05, 0) is 20.8 Å². The Balaban J connectivity index is 2.92. The molecule has 0 unspecified atom stereocenters. The number of aromatic amines is 1. The van der Waals surface area contributed by atoms with Crippen LogP contribution in [0, 0.1) is 0 Å². The first-order valence-corrected chi connectivity index (χ1v) is 3.92. The van der Waals surface area contributed by atoms with Crippen molar-refractivity contribution in [1.82, 2.24) is 10.2 Å². The number of rotatable bonds is 1. The van der Waals surface area contributed by atoms with Crippen LogP contribution in [-0.2, 0) is 0 Å². The van der Waals surface area contributed by atoms with Crippen LogP contribution in [0.2, 0.25) is 0 Å². The van der Waals surface area contributed by atoms with Crippen LogP contribution in [0.25, 0.3) is 0 Å². The van der Waals surface area contributed by atoms with Gasteiger partial charge in [-0.2, -0.15) is 10.2 Å². The molecule has 5 N–H and O–H groups in total. The molecule has 0 atom stereocenters. The molecule has 6 heteroatoms. The van der Waals surface area contributed by atoms with Gasteiger partial charge in [0.25, 0.3) is 0 Å². The SMILES string of the molecule is CC(C)(C)N=Nc1c(N)n[nH]c1N. The Morgan fingerprint density at radius 3 is 2.31 bits per heavy atom. The molecule has 72 valence electrons. The van der Waals surface area contributed by atoms with E-state index in [-0.39, 0.29) is 11.4 Å². The number of azo groups is 1. The summed E-state index contributed by atoms with van der Waals surface area (Å²) in [5, 5.41) is 14.2. The molecular formula is C7H14N6. The van der Waals surface area contributed by atoms with E-state index >= 15 is 0 Å². The molecule has 1 heterocycles. The number of hydrogen-bond acceptors (Lipinski definition) is 5. The molecule has 0 aliphatic carbocycles. The molecule has 0 bridgehead atoms. The fraction of sp³-hybridized carbons (Fsp3) is 0.571. The largest absolute Gasteiger partial charge is 0.382 e. The number of nitrogens with zero attached hydrogens (tertiary/aromatic N) is 3. The molecule has 0 saturated heterocycles. The minimum Gasteiger partial charge on any atom is -0.382 e. The van der Waals surface area contributed by atoms with Gasteiger partial charge < -0.3 is 11.5 Å². The van der Waals surface area contributed by atoms with Gasteiger partial charge >= 0.3 is 0 Å². The lowest BCUT2D eigenvalue weighted by Gasteiger charge is -2.08. The molecule has 0 radical (unpaired) electrons. The summed E-state index contributed by atoms with van der Waals surface area (Å²) >= 11 is 0. The zero-order valence-electron chi connectivity index (χ0n) is 8.00.